The van der Waals surface area contributed by atoms with E-state index in [2.05, 4.69) is 84.0 Å². The Labute approximate surface area is 196 Å². The van der Waals surface area contributed by atoms with Crippen molar-refractivity contribution in [3.63, 3.8) is 0 Å². The molecule has 0 atom stereocenters. The van der Waals surface area contributed by atoms with E-state index >= 15 is 0 Å². The van der Waals surface area contributed by atoms with Crippen molar-refractivity contribution in [3.8, 4) is 22.3 Å². The van der Waals surface area contributed by atoms with E-state index in [1.54, 1.807) is 0 Å². The molecular formula is C31H21NO2. The van der Waals surface area contributed by atoms with Gasteiger partial charge in [0.2, 0.25) is 0 Å². The van der Waals surface area contributed by atoms with Gasteiger partial charge in [-0.2, -0.15) is 0 Å². The van der Waals surface area contributed by atoms with Gasteiger partial charge in [0.25, 0.3) is 0 Å². The lowest BCUT2D eigenvalue weighted by atomic mass is 9.85. The minimum absolute atomic E-state index is 0.840. The number of nitrogens with zero attached hydrogens (tertiary/aromatic N) is 1. The van der Waals surface area contributed by atoms with E-state index in [1.807, 2.05) is 26.0 Å². The Kier molecular flexibility index (Phi) is 3.97. The molecule has 0 fully saturated rings. The van der Waals surface area contributed by atoms with Crippen molar-refractivity contribution >= 4 is 43.5 Å². The Morgan fingerprint density at radius 3 is 1.71 bits per heavy atom. The maximum Gasteiger partial charge on any atom is 0.141 e. The predicted octanol–water partition coefficient (Wildman–Crippen LogP) is 8.83. The summed E-state index contributed by atoms with van der Waals surface area (Å²) in [6, 6.07) is 32.1. The number of furan rings is 1. The van der Waals surface area contributed by atoms with Crippen LogP contribution >= 0.6 is 0 Å². The number of aryl methyl sites for hydroxylation is 2. The lowest BCUT2D eigenvalue weighted by Gasteiger charge is -2.17. The van der Waals surface area contributed by atoms with E-state index in [9.17, 15) is 0 Å². The van der Waals surface area contributed by atoms with Gasteiger partial charge < -0.3 is 8.94 Å². The van der Waals surface area contributed by atoms with Gasteiger partial charge in [-0.25, -0.2) is 0 Å². The Morgan fingerprint density at radius 1 is 0.529 bits per heavy atom. The quantitative estimate of drug-likeness (QED) is 0.253. The van der Waals surface area contributed by atoms with Crippen LogP contribution in [0.3, 0.4) is 0 Å². The second-order valence-corrected chi connectivity index (χ2v) is 8.85. The molecular weight excluding hydrogens is 418 g/mol. The average Bonchev–Trinajstić information content (AvgIpc) is 3.41. The Hall–Kier alpha value is -4.37. The number of rotatable bonds is 2. The molecule has 7 rings (SSSR count). The van der Waals surface area contributed by atoms with Crippen molar-refractivity contribution in [3.05, 3.63) is 102 Å². The van der Waals surface area contributed by atoms with E-state index in [4.69, 9.17) is 8.94 Å². The highest BCUT2D eigenvalue weighted by atomic mass is 16.5. The van der Waals surface area contributed by atoms with Crippen molar-refractivity contribution in [1.29, 1.82) is 0 Å². The molecule has 34 heavy (non-hydrogen) atoms. The molecule has 0 aliphatic rings. The lowest BCUT2D eigenvalue weighted by molar-refractivity contribution is 0.393. The molecule has 2 heterocycles. The number of benzene rings is 5. The van der Waals surface area contributed by atoms with Gasteiger partial charge in [0.05, 0.1) is 5.69 Å². The van der Waals surface area contributed by atoms with Crippen LogP contribution in [0.2, 0.25) is 0 Å². The number of para-hydroxylation sites is 1. The summed E-state index contributed by atoms with van der Waals surface area (Å²) >= 11 is 0. The summed E-state index contributed by atoms with van der Waals surface area (Å²) in [4.78, 5) is 0. The SMILES string of the molecule is Cc1noc(C)c1-c1c2ccccc2c(-c2ccc3oc4ccccc4c3c2)c2ccccc12. The fourth-order valence-corrected chi connectivity index (χ4v) is 5.43. The monoisotopic (exact) mass is 439 g/mol. The molecule has 0 saturated carbocycles. The summed E-state index contributed by atoms with van der Waals surface area (Å²) in [6.45, 7) is 4.01. The van der Waals surface area contributed by atoms with Gasteiger partial charge in [-0.3, -0.25) is 0 Å². The van der Waals surface area contributed by atoms with Crippen LogP contribution in [-0.2, 0) is 0 Å². The molecule has 0 unspecified atom stereocenters. The molecule has 0 aliphatic carbocycles. The first kappa shape index (κ1) is 19.1. The smallest absolute Gasteiger partial charge is 0.141 e. The molecule has 3 nitrogen and oxygen atoms in total. The molecule has 162 valence electrons. The highest BCUT2D eigenvalue weighted by Crippen LogP contribution is 2.45. The van der Waals surface area contributed by atoms with Crippen LogP contribution < -0.4 is 0 Å². The molecule has 0 N–H and O–H groups in total. The van der Waals surface area contributed by atoms with Gasteiger partial charge in [0.15, 0.2) is 0 Å². The van der Waals surface area contributed by atoms with Crippen molar-refractivity contribution in [2.24, 2.45) is 0 Å². The zero-order valence-corrected chi connectivity index (χ0v) is 18.9. The molecule has 0 bridgehead atoms. The van der Waals surface area contributed by atoms with Crippen molar-refractivity contribution < 1.29 is 8.94 Å². The fraction of sp³-hybridized carbons (Fsp3) is 0.0645. The first-order chi connectivity index (χ1) is 16.7. The van der Waals surface area contributed by atoms with Crippen LogP contribution in [0.1, 0.15) is 11.5 Å². The molecule has 0 radical (unpaired) electrons. The van der Waals surface area contributed by atoms with Gasteiger partial charge in [0, 0.05) is 21.9 Å². The van der Waals surface area contributed by atoms with E-state index < -0.39 is 0 Å². The van der Waals surface area contributed by atoms with Crippen LogP contribution in [0, 0.1) is 13.8 Å². The molecule has 0 saturated heterocycles. The second-order valence-electron chi connectivity index (χ2n) is 8.85. The number of hydrogen-bond donors (Lipinski definition) is 0. The summed E-state index contributed by atoms with van der Waals surface area (Å²) in [5, 5.41) is 11.3. The molecule has 0 aliphatic heterocycles. The van der Waals surface area contributed by atoms with Gasteiger partial charge >= 0.3 is 0 Å². The van der Waals surface area contributed by atoms with Crippen molar-refractivity contribution in [2.75, 3.05) is 0 Å². The number of aromatic nitrogens is 1. The summed E-state index contributed by atoms with van der Waals surface area (Å²) in [5.74, 6) is 0.840. The fourth-order valence-electron chi connectivity index (χ4n) is 5.43. The highest BCUT2D eigenvalue weighted by Gasteiger charge is 2.21. The van der Waals surface area contributed by atoms with Crippen molar-refractivity contribution in [1.82, 2.24) is 5.16 Å². The maximum atomic E-state index is 6.10. The molecule has 3 heteroatoms. The molecule has 5 aromatic carbocycles. The zero-order valence-electron chi connectivity index (χ0n) is 18.9. The van der Waals surface area contributed by atoms with Crippen LogP contribution in [0.25, 0.3) is 65.7 Å². The molecule has 2 aromatic heterocycles. The normalized spacial score (nSPS) is 11.8. The predicted molar refractivity (Wildman–Crippen MR) is 139 cm³/mol. The maximum absolute atomic E-state index is 6.10. The molecule has 7 aromatic rings. The van der Waals surface area contributed by atoms with Gasteiger partial charge in [-0.05, 0) is 64.7 Å². The first-order valence-corrected chi connectivity index (χ1v) is 11.5. The third-order valence-corrected chi connectivity index (χ3v) is 6.88. The molecule has 0 spiro atoms. The summed E-state index contributed by atoms with van der Waals surface area (Å²) in [5.41, 5.74) is 7.40. The minimum atomic E-state index is 0.840. The van der Waals surface area contributed by atoms with Crippen LogP contribution in [0.4, 0.5) is 0 Å². The van der Waals surface area contributed by atoms with Gasteiger partial charge in [-0.1, -0.05) is 78.0 Å². The van der Waals surface area contributed by atoms with Crippen molar-refractivity contribution in [2.45, 2.75) is 13.8 Å². The van der Waals surface area contributed by atoms with E-state index in [0.717, 1.165) is 39.0 Å². The third kappa shape index (κ3) is 2.61. The van der Waals surface area contributed by atoms with Crippen LogP contribution in [0.15, 0.2) is 99.9 Å². The summed E-state index contributed by atoms with van der Waals surface area (Å²) in [6.07, 6.45) is 0. The Morgan fingerprint density at radius 2 is 1.09 bits per heavy atom. The third-order valence-electron chi connectivity index (χ3n) is 6.88. The van der Waals surface area contributed by atoms with Crippen LogP contribution in [0.5, 0.6) is 0 Å². The zero-order chi connectivity index (χ0) is 22.8. The number of fused-ring (bicyclic) bond motifs is 5. The van der Waals surface area contributed by atoms with E-state index in [1.165, 1.54) is 38.2 Å². The average molecular weight is 440 g/mol. The summed E-state index contributed by atoms with van der Waals surface area (Å²) < 4.78 is 11.7. The Balaban J connectivity index is 1.64. The second kappa shape index (κ2) is 7.06. The topological polar surface area (TPSA) is 39.2 Å². The van der Waals surface area contributed by atoms with E-state index in [0.29, 0.717) is 0 Å². The summed E-state index contributed by atoms with van der Waals surface area (Å²) in [7, 11) is 0. The Bertz CT molecular complexity index is 1810. The molecule has 0 amide bonds. The number of hydrogen-bond acceptors (Lipinski definition) is 3. The largest absolute Gasteiger partial charge is 0.456 e. The van der Waals surface area contributed by atoms with Crippen LogP contribution in [-0.4, -0.2) is 5.16 Å². The van der Waals surface area contributed by atoms with E-state index in [-0.39, 0.29) is 0 Å². The lowest BCUT2D eigenvalue weighted by Crippen LogP contribution is -1.92. The first-order valence-electron chi connectivity index (χ1n) is 11.5. The standard InChI is InChI=1S/C31H21NO2/c1-18-29(19(2)34-32-18)31-24-12-5-3-10-22(24)30(23-11-4-6-13-25(23)31)20-15-16-28-26(17-20)21-9-7-8-14-27(21)33-28/h3-17H,1-2H3. The highest BCUT2D eigenvalue weighted by molar-refractivity contribution is 6.22. The van der Waals surface area contributed by atoms with Gasteiger partial charge in [0.1, 0.15) is 16.9 Å². The van der Waals surface area contributed by atoms with Gasteiger partial charge in [-0.15, -0.1) is 0 Å². The minimum Gasteiger partial charge on any atom is -0.456 e.